The number of methoxy groups -OCH3 is 1. The van der Waals surface area contributed by atoms with Crippen molar-refractivity contribution in [2.75, 3.05) is 7.11 Å². The molecule has 32 heavy (non-hydrogen) atoms. The van der Waals surface area contributed by atoms with E-state index in [0.717, 1.165) is 10.3 Å². The van der Waals surface area contributed by atoms with E-state index in [4.69, 9.17) is 4.74 Å². The van der Waals surface area contributed by atoms with Crippen molar-refractivity contribution in [3.63, 3.8) is 0 Å². The van der Waals surface area contributed by atoms with E-state index in [2.05, 4.69) is 33.2 Å². The molecule has 2 aliphatic heterocycles. The molecule has 0 radical (unpaired) electrons. The molecule has 3 heterocycles. The number of benzene rings is 2. The minimum absolute atomic E-state index is 0.248. The molecule has 0 saturated carbocycles. The van der Waals surface area contributed by atoms with Gasteiger partial charge in [0, 0.05) is 25.8 Å². The summed E-state index contributed by atoms with van der Waals surface area (Å²) in [6.45, 7) is 2.04. The second-order valence-corrected chi connectivity index (χ2v) is 9.86. The van der Waals surface area contributed by atoms with E-state index in [0.29, 0.717) is 31.7 Å². The average molecular weight is 565 g/mol. The van der Waals surface area contributed by atoms with Crippen molar-refractivity contribution in [1.82, 2.24) is 15.5 Å². The predicted molar refractivity (Wildman–Crippen MR) is 125 cm³/mol. The van der Waals surface area contributed by atoms with Gasteiger partial charge in [-0.1, -0.05) is 6.07 Å². The first-order valence-corrected chi connectivity index (χ1v) is 11.6. The molecule has 2 aliphatic rings. The van der Waals surface area contributed by atoms with E-state index in [1.165, 1.54) is 30.6 Å². The number of imide groups is 1. The maximum absolute atomic E-state index is 13.9. The fraction of sp³-hybridized carbons (Fsp3) is 0.227. The van der Waals surface area contributed by atoms with Crippen molar-refractivity contribution >= 4 is 61.9 Å². The third-order valence-electron chi connectivity index (χ3n) is 6.09. The van der Waals surface area contributed by atoms with Gasteiger partial charge in [0.1, 0.15) is 11.6 Å². The number of urea groups is 1. The number of fused-ring (bicyclic) bond motifs is 2. The topological polar surface area (TPSA) is 87.7 Å². The van der Waals surface area contributed by atoms with Gasteiger partial charge in [-0.25, -0.2) is 9.18 Å². The first kappa shape index (κ1) is 21.1. The summed E-state index contributed by atoms with van der Waals surface area (Å²) >= 11 is 3.38. The van der Waals surface area contributed by atoms with Gasteiger partial charge >= 0.3 is 6.03 Å². The van der Waals surface area contributed by atoms with Gasteiger partial charge in [-0.2, -0.15) is 0 Å². The van der Waals surface area contributed by atoms with Crippen LogP contribution in [0.15, 0.2) is 36.4 Å². The summed E-state index contributed by atoms with van der Waals surface area (Å²) in [4.78, 5) is 41.0. The van der Waals surface area contributed by atoms with Crippen LogP contribution in [0.4, 0.5) is 9.18 Å². The first-order valence-electron chi connectivity index (χ1n) is 9.75. The number of halogens is 2. The Kier molecular flexibility index (Phi) is 4.89. The number of thiophene rings is 1. The van der Waals surface area contributed by atoms with Crippen molar-refractivity contribution < 1.29 is 23.5 Å². The molecular weight excluding hydrogens is 548 g/mol. The third kappa shape index (κ3) is 2.92. The number of hydrogen-bond acceptors (Lipinski definition) is 5. The van der Waals surface area contributed by atoms with Gasteiger partial charge in [0.15, 0.2) is 5.54 Å². The zero-order chi connectivity index (χ0) is 22.8. The second kappa shape index (κ2) is 7.41. The molecule has 5 rings (SSSR count). The van der Waals surface area contributed by atoms with Gasteiger partial charge in [-0.3, -0.25) is 14.9 Å². The minimum Gasteiger partial charge on any atom is -0.497 e. The van der Waals surface area contributed by atoms with Crippen LogP contribution < -0.4 is 15.4 Å². The standard InChI is InChI=1S/C22H17FIN3O4S/c1-10(27-9-11-3-5-13(31-2)8-14(11)19(27)28)22(20(29)25-21(30)26-22)18-17(24)15-7-12(23)4-6-16(15)32-18/h3-8,10H,9H2,1-2H3,(H2,25,26,29,30)/t10?,22-/m0/s1. The zero-order valence-corrected chi connectivity index (χ0v) is 20.0. The van der Waals surface area contributed by atoms with Crippen LogP contribution in [0.2, 0.25) is 0 Å². The lowest BCUT2D eigenvalue weighted by molar-refractivity contribution is -0.126. The van der Waals surface area contributed by atoms with Crippen LogP contribution in [0.3, 0.4) is 0 Å². The summed E-state index contributed by atoms with van der Waals surface area (Å²) in [5.74, 6) is -0.613. The maximum atomic E-state index is 13.9. The Labute approximate surface area is 200 Å². The normalized spacial score (nSPS) is 21.0. The number of amides is 4. The Hall–Kier alpha value is -2.73. The molecule has 164 valence electrons. The van der Waals surface area contributed by atoms with Crippen LogP contribution in [0.25, 0.3) is 10.1 Å². The fourth-order valence-corrected chi connectivity index (χ4v) is 7.07. The Balaban J connectivity index is 1.64. The molecule has 2 aromatic carbocycles. The summed E-state index contributed by atoms with van der Waals surface area (Å²) in [5, 5.41) is 5.78. The van der Waals surface area contributed by atoms with Crippen molar-refractivity contribution in [3.05, 3.63) is 61.8 Å². The number of nitrogens with one attached hydrogen (secondary N) is 2. The molecule has 1 unspecified atom stereocenters. The highest BCUT2D eigenvalue weighted by atomic mass is 127. The van der Waals surface area contributed by atoms with Gasteiger partial charge < -0.3 is 15.0 Å². The highest BCUT2D eigenvalue weighted by molar-refractivity contribution is 14.1. The number of ether oxygens (including phenoxy) is 1. The molecule has 1 aromatic heterocycles. The van der Waals surface area contributed by atoms with E-state index < -0.39 is 23.5 Å². The Morgan fingerprint density at radius 1 is 1.22 bits per heavy atom. The lowest BCUT2D eigenvalue weighted by atomic mass is 9.87. The van der Waals surface area contributed by atoms with Crippen molar-refractivity contribution in [3.8, 4) is 5.75 Å². The van der Waals surface area contributed by atoms with Crippen molar-refractivity contribution in [2.24, 2.45) is 0 Å². The van der Waals surface area contributed by atoms with E-state index in [1.54, 1.807) is 30.0 Å². The molecule has 0 bridgehead atoms. The molecule has 1 saturated heterocycles. The summed E-state index contributed by atoms with van der Waals surface area (Å²) in [6.07, 6.45) is 0. The Morgan fingerprint density at radius 2 is 2.00 bits per heavy atom. The van der Waals surface area contributed by atoms with E-state index >= 15 is 0 Å². The molecule has 0 aliphatic carbocycles. The number of hydrogen-bond donors (Lipinski definition) is 2. The molecule has 7 nitrogen and oxygen atoms in total. The number of rotatable bonds is 4. The average Bonchev–Trinajstić information content (AvgIpc) is 3.39. The number of nitrogens with zero attached hydrogens (tertiary/aromatic N) is 1. The van der Waals surface area contributed by atoms with E-state index in [9.17, 15) is 18.8 Å². The Bertz CT molecular complexity index is 1330. The van der Waals surface area contributed by atoms with Crippen LogP contribution in [-0.4, -0.2) is 35.9 Å². The molecule has 10 heteroatoms. The Morgan fingerprint density at radius 3 is 2.69 bits per heavy atom. The van der Waals surface area contributed by atoms with Crippen molar-refractivity contribution in [2.45, 2.75) is 25.0 Å². The van der Waals surface area contributed by atoms with Crippen molar-refractivity contribution in [1.29, 1.82) is 0 Å². The summed E-state index contributed by atoms with van der Waals surface area (Å²) in [7, 11) is 1.53. The van der Waals surface area contributed by atoms with E-state index in [1.807, 2.05) is 6.07 Å². The first-order chi connectivity index (χ1) is 15.3. The highest BCUT2D eigenvalue weighted by Crippen LogP contribution is 2.44. The molecule has 0 spiro atoms. The van der Waals surface area contributed by atoms with Gasteiger partial charge in [0.2, 0.25) is 0 Å². The SMILES string of the molecule is COc1ccc2c(c1)C(=O)N(C(C)[C@@]1(c3sc4ccc(F)cc4c3I)NC(=O)NC1=O)C2. The molecule has 1 fully saturated rings. The lowest BCUT2D eigenvalue weighted by Crippen LogP contribution is -2.58. The lowest BCUT2D eigenvalue weighted by Gasteiger charge is -2.37. The quantitative estimate of drug-likeness (QED) is 0.373. The fourth-order valence-electron chi connectivity index (χ4n) is 4.38. The second-order valence-electron chi connectivity index (χ2n) is 7.73. The molecular formula is C22H17FIN3O4S. The number of carbonyl (C=O) groups excluding carboxylic acids is 3. The maximum Gasteiger partial charge on any atom is 0.322 e. The zero-order valence-electron chi connectivity index (χ0n) is 17.0. The smallest absolute Gasteiger partial charge is 0.322 e. The summed E-state index contributed by atoms with van der Waals surface area (Å²) < 4.78 is 20.6. The van der Waals surface area contributed by atoms with Gasteiger partial charge in [-0.15, -0.1) is 11.3 Å². The van der Waals surface area contributed by atoms with Crippen LogP contribution in [0, 0.1) is 9.39 Å². The van der Waals surface area contributed by atoms with Crippen LogP contribution in [0.5, 0.6) is 5.75 Å². The van der Waals surface area contributed by atoms with Gasteiger partial charge in [0.05, 0.1) is 18.0 Å². The molecule has 2 N–H and O–H groups in total. The van der Waals surface area contributed by atoms with Crippen LogP contribution >= 0.6 is 33.9 Å². The molecule has 2 atom stereocenters. The minimum atomic E-state index is -1.50. The predicted octanol–water partition coefficient (Wildman–Crippen LogP) is 3.73. The third-order valence-corrected chi connectivity index (χ3v) is 8.88. The van der Waals surface area contributed by atoms with Crippen LogP contribution in [0.1, 0.15) is 27.7 Å². The monoisotopic (exact) mass is 565 g/mol. The van der Waals surface area contributed by atoms with Crippen LogP contribution in [-0.2, 0) is 16.9 Å². The number of carbonyl (C=O) groups is 3. The van der Waals surface area contributed by atoms with Gasteiger partial charge in [-0.05, 0) is 65.4 Å². The summed E-state index contributed by atoms with van der Waals surface area (Å²) in [6, 6.07) is 8.35. The van der Waals surface area contributed by atoms with Gasteiger partial charge in [0.25, 0.3) is 11.8 Å². The summed E-state index contributed by atoms with van der Waals surface area (Å²) in [5.41, 5.74) is -0.185. The van der Waals surface area contributed by atoms with E-state index in [-0.39, 0.29) is 11.7 Å². The largest absolute Gasteiger partial charge is 0.497 e. The molecule has 4 amide bonds. The highest BCUT2D eigenvalue weighted by Gasteiger charge is 2.57. The molecule has 3 aromatic rings.